The number of carbonyl (C=O) groups excluding carboxylic acids is 1. The Hall–Kier alpha value is -2.35. The van der Waals surface area contributed by atoms with Crippen LogP contribution in [0.3, 0.4) is 0 Å². The molecule has 7 rings (SSSR count). The van der Waals surface area contributed by atoms with Crippen molar-refractivity contribution in [2.24, 2.45) is 5.41 Å². The summed E-state index contributed by atoms with van der Waals surface area (Å²) in [5, 5.41) is 5.27. The number of aromatic nitrogens is 4. The minimum absolute atomic E-state index is 0.0327. The minimum Gasteiger partial charge on any atom is -0.485 e. The van der Waals surface area contributed by atoms with Gasteiger partial charge in [0.25, 0.3) is 0 Å². The van der Waals surface area contributed by atoms with E-state index in [1.165, 1.54) is 25.7 Å². The van der Waals surface area contributed by atoms with E-state index in [0.717, 1.165) is 43.1 Å². The fourth-order valence-corrected chi connectivity index (χ4v) is 5.79. The van der Waals surface area contributed by atoms with E-state index in [9.17, 15) is 4.79 Å². The number of pyridine rings is 1. The highest BCUT2D eigenvalue weighted by atomic mass is 35.5. The summed E-state index contributed by atoms with van der Waals surface area (Å²) >= 11 is 6.20. The summed E-state index contributed by atoms with van der Waals surface area (Å²) in [7, 11) is 0. The molecular weight excluding hydrogens is 428 g/mol. The Kier molecular flexibility index (Phi) is 4.08. The first-order valence-electron chi connectivity index (χ1n) is 11.8. The fraction of sp³-hybridized carbons (Fsp3) is 0.652. The van der Waals surface area contributed by atoms with E-state index in [4.69, 9.17) is 16.3 Å². The van der Waals surface area contributed by atoms with Crippen molar-refractivity contribution < 1.29 is 9.53 Å². The lowest BCUT2D eigenvalue weighted by Gasteiger charge is -2.59. The van der Waals surface area contributed by atoms with Crippen molar-refractivity contribution in [3.63, 3.8) is 0 Å². The second kappa shape index (κ2) is 6.83. The summed E-state index contributed by atoms with van der Waals surface area (Å²) in [6, 6.07) is 2.61. The molecule has 2 saturated heterocycles. The van der Waals surface area contributed by atoms with E-state index in [1.54, 1.807) is 6.20 Å². The Morgan fingerprint density at radius 1 is 1.06 bits per heavy atom. The summed E-state index contributed by atoms with van der Waals surface area (Å²) in [4.78, 5) is 25.4. The van der Waals surface area contributed by atoms with E-state index in [1.807, 2.05) is 22.2 Å². The number of amides is 2. The zero-order valence-electron chi connectivity index (χ0n) is 18.0. The molecule has 2 aromatic heterocycles. The highest BCUT2D eigenvalue weighted by Crippen LogP contribution is 2.54. The van der Waals surface area contributed by atoms with Gasteiger partial charge in [-0.05, 0) is 56.1 Å². The van der Waals surface area contributed by atoms with Crippen LogP contribution >= 0.6 is 11.6 Å². The highest BCUT2D eigenvalue weighted by molar-refractivity contribution is 6.30. The van der Waals surface area contributed by atoms with E-state index in [-0.39, 0.29) is 12.1 Å². The van der Waals surface area contributed by atoms with E-state index < -0.39 is 0 Å². The second-order valence-electron chi connectivity index (χ2n) is 10.5. The number of nitrogens with zero attached hydrogens (tertiary/aromatic N) is 6. The number of hydrogen-bond donors (Lipinski definition) is 0. The van der Waals surface area contributed by atoms with E-state index in [0.29, 0.717) is 41.5 Å². The Labute approximate surface area is 191 Å². The van der Waals surface area contributed by atoms with Gasteiger partial charge >= 0.3 is 6.03 Å². The summed E-state index contributed by atoms with van der Waals surface area (Å²) in [5.41, 5.74) is 1.39. The van der Waals surface area contributed by atoms with E-state index >= 15 is 0 Å². The van der Waals surface area contributed by atoms with Crippen LogP contribution in [-0.2, 0) is 0 Å². The molecule has 3 aliphatic carbocycles. The van der Waals surface area contributed by atoms with Gasteiger partial charge in [0.2, 0.25) is 0 Å². The third-order valence-electron chi connectivity index (χ3n) is 7.78. The van der Waals surface area contributed by atoms with Crippen LogP contribution < -0.4 is 4.74 Å². The van der Waals surface area contributed by atoms with Crippen molar-refractivity contribution in [2.75, 3.05) is 26.2 Å². The van der Waals surface area contributed by atoms with E-state index in [2.05, 4.69) is 19.7 Å². The monoisotopic (exact) mass is 454 g/mol. The average Bonchev–Trinajstić information content (AvgIpc) is 3.62. The first kappa shape index (κ1) is 19.1. The van der Waals surface area contributed by atoms with Crippen LogP contribution in [0.2, 0.25) is 5.15 Å². The predicted molar refractivity (Wildman–Crippen MR) is 117 cm³/mol. The molecule has 0 atom stereocenters. The molecule has 3 saturated carbocycles. The molecule has 5 fully saturated rings. The second-order valence-corrected chi connectivity index (χ2v) is 10.9. The Morgan fingerprint density at radius 3 is 2.53 bits per heavy atom. The molecule has 0 unspecified atom stereocenters. The molecule has 0 bridgehead atoms. The highest BCUT2D eigenvalue weighted by Gasteiger charge is 2.55. The van der Waals surface area contributed by atoms with Gasteiger partial charge < -0.3 is 14.5 Å². The van der Waals surface area contributed by atoms with Gasteiger partial charge in [-0.2, -0.15) is 5.10 Å². The zero-order chi connectivity index (χ0) is 21.4. The molecule has 32 heavy (non-hydrogen) atoms. The van der Waals surface area contributed by atoms with Gasteiger partial charge in [-0.25, -0.2) is 19.4 Å². The first-order valence-corrected chi connectivity index (χ1v) is 12.2. The van der Waals surface area contributed by atoms with Gasteiger partial charge in [0, 0.05) is 24.4 Å². The number of hydrogen-bond acceptors (Lipinski definition) is 5. The Balaban J connectivity index is 0.876. The van der Waals surface area contributed by atoms with Crippen molar-refractivity contribution in [3.05, 3.63) is 35.1 Å². The number of likely N-dealkylation sites (tertiary alicyclic amines) is 2. The molecule has 4 heterocycles. The Morgan fingerprint density at radius 2 is 1.81 bits per heavy atom. The maximum atomic E-state index is 12.8. The third-order valence-corrected chi connectivity index (χ3v) is 8.10. The maximum Gasteiger partial charge on any atom is 0.320 e. The third kappa shape index (κ3) is 3.26. The molecule has 2 aliphatic heterocycles. The smallest absolute Gasteiger partial charge is 0.320 e. The van der Waals surface area contributed by atoms with Gasteiger partial charge in [0.1, 0.15) is 23.3 Å². The normalized spacial score (nSPS) is 24.8. The number of halogens is 1. The maximum absolute atomic E-state index is 12.8. The van der Waals surface area contributed by atoms with Gasteiger partial charge in [-0.1, -0.05) is 11.6 Å². The molecule has 5 aliphatic rings. The SMILES string of the molecule is O=C(N1CC(Oc2cnc(Cl)c(C3CC3)c2)C1)N1CC2(CC(n3cnc(C4CC4)n3)C2)C1. The minimum atomic E-state index is 0.0327. The van der Waals surface area contributed by atoms with Crippen LogP contribution in [0, 0.1) is 5.41 Å². The number of urea groups is 1. The lowest BCUT2D eigenvalue weighted by Crippen LogP contribution is -2.69. The zero-order valence-corrected chi connectivity index (χ0v) is 18.7. The summed E-state index contributed by atoms with van der Waals surface area (Å²) in [6.45, 7) is 2.99. The molecule has 2 aromatic rings. The van der Waals surface area contributed by atoms with Gasteiger partial charge in [0.05, 0.1) is 25.3 Å². The van der Waals surface area contributed by atoms with Gasteiger partial charge in [0.15, 0.2) is 5.82 Å². The average molecular weight is 455 g/mol. The molecule has 168 valence electrons. The van der Waals surface area contributed by atoms with Crippen LogP contribution in [0.1, 0.15) is 67.8 Å². The standard InChI is InChI=1S/C23H27ClN6O2/c24-20-19(14-1-2-14)5-17(8-25-20)32-18-9-28(10-18)22(31)29-11-23(12-29)6-16(7-23)30-13-26-21(27-30)15-3-4-15/h5,8,13-16,18H,1-4,6-7,9-12H2. The number of ether oxygens (including phenoxy) is 1. The van der Waals surface area contributed by atoms with Crippen molar-refractivity contribution in [1.29, 1.82) is 0 Å². The van der Waals surface area contributed by atoms with Crippen LogP contribution in [0.5, 0.6) is 5.75 Å². The molecule has 8 nitrogen and oxygen atoms in total. The lowest BCUT2D eigenvalue weighted by molar-refractivity contribution is -0.0817. The summed E-state index contributed by atoms with van der Waals surface area (Å²) < 4.78 is 8.10. The topological polar surface area (TPSA) is 76.4 Å². The fourth-order valence-electron chi connectivity index (χ4n) is 5.53. The quantitative estimate of drug-likeness (QED) is 0.645. The Bertz CT molecular complexity index is 1060. The largest absolute Gasteiger partial charge is 0.485 e. The predicted octanol–water partition coefficient (Wildman–Crippen LogP) is 3.60. The van der Waals surface area contributed by atoms with Crippen LogP contribution in [0.25, 0.3) is 0 Å². The van der Waals surface area contributed by atoms with Crippen LogP contribution in [-0.4, -0.2) is 67.9 Å². The summed E-state index contributed by atoms with van der Waals surface area (Å²) in [6.07, 6.45) is 10.6. The molecule has 9 heteroatoms. The summed E-state index contributed by atoms with van der Waals surface area (Å²) in [5.74, 6) is 2.91. The molecule has 0 aromatic carbocycles. The van der Waals surface area contributed by atoms with Gasteiger partial charge in [-0.15, -0.1) is 0 Å². The van der Waals surface area contributed by atoms with Gasteiger partial charge in [-0.3, -0.25) is 0 Å². The van der Waals surface area contributed by atoms with Crippen molar-refractivity contribution in [1.82, 2.24) is 29.5 Å². The number of carbonyl (C=O) groups is 1. The van der Waals surface area contributed by atoms with Crippen molar-refractivity contribution >= 4 is 17.6 Å². The van der Waals surface area contributed by atoms with Crippen LogP contribution in [0.15, 0.2) is 18.6 Å². The molecular formula is C23H27ClN6O2. The molecule has 0 N–H and O–H groups in total. The molecule has 2 amide bonds. The van der Waals surface area contributed by atoms with Crippen LogP contribution in [0.4, 0.5) is 4.79 Å². The number of rotatable bonds is 5. The molecule has 0 radical (unpaired) electrons. The molecule has 1 spiro atoms. The lowest BCUT2D eigenvalue weighted by atomic mass is 9.61. The van der Waals surface area contributed by atoms with Crippen molar-refractivity contribution in [3.8, 4) is 5.75 Å². The first-order chi connectivity index (χ1) is 15.6. The van der Waals surface area contributed by atoms with Crippen molar-refractivity contribution in [2.45, 2.75) is 62.5 Å².